The Morgan fingerprint density at radius 2 is 0.824 bits per heavy atom. The van der Waals surface area contributed by atoms with Gasteiger partial charge in [-0.2, -0.15) is 8.61 Å². The summed E-state index contributed by atoms with van der Waals surface area (Å²) in [5.74, 6) is 0.327. The molecule has 2 heterocycles. The van der Waals surface area contributed by atoms with E-state index in [1.807, 2.05) is 102 Å². The molecule has 0 unspecified atom stereocenters. The van der Waals surface area contributed by atoms with Crippen molar-refractivity contribution in [3.8, 4) is 34.1 Å². The van der Waals surface area contributed by atoms with Crippen LogP contribution in [0.1, 0.15) is 113 Å². The summed E-state index contributed by atoms with van der Waals surface area (Å²) in [6.45, 7) is 15.6. The molecule has 6 aromatic carbocycles. The number of hydrogen-bond donors (Lipinski definition) is 2. The molecule has 2 aliphatic rings. The van der Waals surface area contributed by atoms with Crippen LogP contribution >= 0.6 is 0 Å². The number of ether oxygens (including phenoxy) is 4. The SMILES string of the molecule is COc1ccc(S(=O)(=O)N2[C@H](c3cc(C(C)(C)C)cc(-c4cc(C(C)(C)C)cc([C@@H]5O[C@@H](c6ccccc6)[C@H](C)N5S(=O)(=O)c5ccc(OC)cc5)c4O)c3O)O[C@@H](c3ccccc3)[C@@H]2C)cc1. The molecule has 0 aliphatic carbocycles. The average Bonchev–Trinajstić information content (AvgIpc) is 3.86. The zero-order valence-electron chi connectivity index (χ0n) is 40.0. The molecular weight excluding hydrogens is 901 g/mol. The number of aromatic hydroxyl groups is 2. The number of sulfonamides is 2. The van der Waals surface area contributed by atoms with E-state index in [2.05, 4.69) is 0 Å². The van der Waals surface area contributed by atoms with Crippen LogP contribution in [-0.4, -0.2) is 62.0 Å². The second-order valence-electron chi connectivity index (χ2n) is 19.6. The smallest absolute Gasteiger partial charge is 0.245 e. The van der Waals surface area contributed by atoms with E-state index in [0.717, 1.165) is 11.1 Å². The Morgan fingerprint density at radius 3 is 1.12 bits per heavy atom. The molecule has 0 amide bonds. The predicted octanol–water partition coefficient (Wildman–Crippen LogP) is 11.1. The molecule has 6 atom stereocenters. The Kier molecular flexibility index (Phi) is 13.1. The Balaban J connectivity index is 1.35. The highest BCUT2D eigenvalue weighted by Crippen LogP contribution is 2.54. The quantitative estimate of drug-likeness (QED) is 0.128. The van der Waals surface area contributed by atoms with E-state index in [1.54, 1.807) is 62.4 Å². The Hall–Kier alpha value is -5.74. The normalized spacial score (nSPS) is 21.8. The van der Waals surface area contributed by atoms with Crippen molar-refractivity contribution < 1.29 is 46.0 Å². The second kappa shape index (κ2) is 18.3. The van der Waals surface area contributed by atoms with E-state index in [4.69, 9.17) is 18.9 Å². The summed E-state index contributed by atoms with van der Waals surface area (Å²) in [5.41, 5.74) is 2.47. The van der Waals surface area contributed by atoms with Crippen molar-refractivity contribution in [2.75, 3.05) is 14.2 Å². The maximum atomic E-state index is 15.0. The maximum Gasteiger partial charge on any atom is 0.245 e. The third-order valence-electron chi connectivity index (χ3n) is 13.1. The van der Waals surface area contributed by atoms with E-state index >= 15 is 0 Å². The van der Waals surface area contributed by atoms with Crippen LogP contribution in [0.3, 0.4) is 0 Å². The molecule has 6 aromatic rings. The van der Waals surface area contributed by atoms with Gasteiger partial charge in [-0.25, -0.2) is 16.8 Å². The standard InChI is InChI=1S/C54H60N2O10S2/c1-33-49(35-17-13-11-14-18-35)65-51(55(33)67(59,60)41-25-21-39(63-9)22-26-41)45-31-37(53(3,4)5)29-43(47(45)57)44-30-38(54(6,7)8)32-46(48(44)58)52-56(34(2)50(66-52)36-19-15-12-16-20-36)68(61,62)42-27-23-40(64-10)24-28-42/h11-34,49-52,57-58H,1-10H3/t33-,34-,49+,50+,51-,52-/m0/s1. The highest BCUT2D eigenvalue weighted by Gasteiger charge is 2.51. The summed E-state index contributed by atoms with van der Waals surface area (Å²) in [6, 6.07) is 36.5. The minimum Gasteiger partial charge on any atom is -0.507 e. The third kappa shape index (κ3) is 8.89. The van der Waals surface area contributed by atoms with E-state index in [9.17, 15) is 27.0 Å². The van der Waals surface area contributed by atoms with Crippen molar-refractivity contribution in [1.82, 2.24) is 8.61 Å². The minimum atomic E-state index is -4.32. The van der Waals surface area contributed by atoms with Gasteiger partial charge in [0, 0.05) is 22.3 Å². The number of benzene rings is 6. The Morgan fingerprint density at radius 1 is 0.500 bits per heavy atom. The number of methoxy groups -OCH3 is 2. The monoisotopic (exact) mass is 960 g/mol. The molecule has 2 saturated heterocycles. The molecule has 68 heavy (non-hydrogen) atoms. The van der Waals surface area contributed by atoms with Crippen LogP contribution in [0.4, 0.5) is 0 Å². The van der Waals surface area contributed by atoms with Crippen LogP contribution in [0.25, 0.3) is 11.1 Å². The van der Waals surface area contributed by atoms with Gasteiger partial charge in [-0.15, -0.1) is 0 Å². The highest BCUT2D eigenvalue weighted by molar-refractivity contribution is 7.89. The van der Waals surface area contributed by atoms with E-state index in [-0.39, 0.29) is 43.5 Å². The molecule has 12 nitrogen and oxygen atoms in total. The van der Waals surface area contributed by atoms with Gasteiger partial charge in [0.2, 0.25) is 20.0 Å². The molecule has 0 bridgehead atoms. The van der Waals surface area contributed by atoms with Gasteiger partial charge < -0.3 is 29.2 Å². The fourth-order valence-corrected chi connectivity index (χ4v) is 12.5. The van der Waals surface area contributed by atoms with Crippen molar-refractivity contribution in [2.24, 2.45) is 0 Å². The fourth-order valence-electron chi connectivity index (χ4n) is 9.14. The summed E-state index contributed by atoms with van der Waals surface area (Å²) < 4.78 is 86.8. The lowest BCUT2D eigenvalue weighted by Gasteiger charge is -2.31. The van der Waals surface area contributed by atoms with Crippen molar-refractivity contribution in [1.29, 1.82) is 0 Å². The number of rotatable bonds is 11. The number of nitrogens with zero attached hydrogens (tertiary/aromatic N) is 2. The van der Waals surface area contributed by atoms with Crippen LogP contribution in [-0.2, 0) is 40.4 Å². The summed E-state index contributed by atoms with van der Waals surface area (Å²) in [7, 11) is -5.63. The van der Waals surface area contributed by atoms with Gasteiger partial charge in [-0.3, -0.25) is 0 Å². The van der Waals surface area contributed by atoms with Crippen molar-refractivity contribution in [3.63, 3.8) is 0 Å². The summed E-state index contributed by atoms with van der Waals surface area (Å²) in [5, 5.41) is 25.7. The molecular formula is C54H60N2O10S2. The number of hydrogen-bond acceptors (Lipinski definition) is 10. The van der Waals surface area contributed by atoms with E-state index in [0.29, 0.717) is 22.6 Å². The topological polar surface area (TPSA) is 152 Å². The van der Waals surface area contributed by atoms with Crippen LogP contribution < -0.4 is 9.47 Å². The van der Waals surface area contributed by atoms with Crippen LogP contribution in [0.15, 0.2) is 143 Å². The zero-order valence-corrected chi connectivity index (χ0v) is 41.7. The molecule has 2 N–H and O–H groups in total. The van der Waals surface area contributed by atoms with Gasteiger partial charge >= 0.3 is 0 Å². The van der Waals surface area contributed by atoms with Crippen LogP contribution in [0, 0.1) is 0 Å². The molecule has 0 aromatic heterocycles. The van der Waals surface area contributed by atoms with Crippen molar-refractivity contribution >= 4 is 20.0 Å². The first-order chi connectivity index (χ1) is 32.1. The Labute approximate surface area is 400 Å². The lowest BCUT2D eigenvalue weighted by Crippen LogP contribution is -2.37. The highest BCUT2D eigenvalue weighted by atomic mass is 32.2. The minimum absolute atomic E-state index is 0.00746. The van der Waals surface area contributed by atoms with E-state index < -0.39 is 67.6 Å². The molecule has 358 valence electrons. The molecule has 2 fully saturated rings. The van der Waals surface area contributed by atoms with Crippen molar-refractivity contribution in [2.45, 2.75) is 113 Å². The van der Waals surface area contributed by atoms with Gasteiger partial charge in [0.1, 0.15) is 35.2 Å². The largest absolute Gasteiger partial charge is 0.507 e. The molecule has 0 saturated carbocycles. The maximum absolute atomic E-state index is 15.0. The summed E-state index contributed by atoms with van der Waals surface area (Å²) in [6.07, 6.45) is -4.16. The van der Waals surface area contributed by atoms with Crippen LogP contribution in [0.2, 0.25) is 0 Å². The van der Waals surface area contributed by atoms with Gasteiger partial charge in [-0.1, -0.05) is 102 Å². The van der Waals surface area contributed by atoms with E-state index in [1.165, 1.54) is 47.1 Å². The van der Waals surface area contributed by atoms with Gasteiger partial charge in [0.05, 0.1) is 36.1 Å². The molecule has 0 spiro atoms. The van der Waals surface area contributed by atoms with Gasteiger partial charge in [0.25, 0.3) is 0 Å². The lowest BCUT2D eigenvalue weighted by molar-refractivity contribution is 0.0175. The Bertz CT molecular complexity index is 2800. The predicted molar refractivity (Wildman–Crippen MR) is 262 cm³/mol. The molecule has 14 heteroatoms. The second-order valence-corrected chi connectivity index (χ2v) is 23.3. The third-order valence-corrected chi connectivity index (χ3v) is 16.9. The first kappa shape index (κ1) is 48.7. The lowest BCUT2D eigenvalue weighted by atomic mass is 9.80. The van der Waals surface area contributed by atoms with Crippen molar-refractivity contribution in [3.05, 3.63) is 167 Å². The van der Waals surface area contributed by atoms with Gasteiger partial charge in [0.15, 0.2) is 12.5 Å². The molecule has 8 rings (SSSR count). The summed E-state index contributed by atoms with van der Waals surface area (Å²) in [4.78, 5) is 0.0149. The number of phenolic OH excluding ortho intramolecular Hbond substituents is 2. The van der Waals surface area contributed by atoms with Gasteiger partial charge in [-0.05, 0) is 120 Å². The zero-order chi connectivity index (χ0) is 49.1. The molecule has 2 aliphatic heterocycles. The first-order valence-corrected chi connectivity index (χ1v) is 25.5. The summed E-state index contributed by atoms with van der Waals surface area (Å²) >= 11 is 0. The fraction of sp³-hybridized carbons (Fsp3) is 0.333. The molecule has 0 radical (unpaired) electrons. The number of phenols is 2. The first-order valence-electron chi connectivity index (χ1n) is 22.6. The van der Waals surface area contributed by atoms with Crippen LogP contribution in [0.5, 0.6) is 23.0 Å². The average molecular weight is 961 g/mol.